The normalized spacial score (nSPS) is 10.3. The molecule has 0 saturated heterocycles. The molecule has 0 bridgehead atoms. The third kappa shape index (κ3) is 3.32. The van der Waals surface area contributed by atoms with Gasteiger partial charge in [0.15, 0.2) is 5.76 Å². The summed E-state index contributed by atoms with van der Waals surface area (Å²) in [4.78, 5) is 14.7. The SMILES string of the molecule is CCN(CC)c1nc(NN)nc(NCc2ccno2)n1. The summed E-state index contributed by atoms with van der Waals surface area (Å²) in [5, 5.41) is 6.68. The van der Waals surface area contributed by atoms with Gasteiger partial charge < -0.3 is 14.7 Å². The second-order valence-electron chi connectivity index (χ2n) is 3.93. The standard InChI is InChI=1S/C11H18N8O/c1-3-19(4-2)11-16-9(15-10(17-11)18-12)13-7-8-5-6-14-20-8/h5-6H,3-4,7,12H2,1-2H3,(H2,13,15,16,17,18). The maximum Gasteiger partial charge on any atom is 0.243 e. The molecule has 9 heteroatoms. The molecule has 0 atom stereocenters. The third-order valence-corrected chi connectivity index (χ3v) is 2.71. The van der Waals surface area contributed by atoms with Gasteiger partial charge in [0.05, 0.1) is 12.7 Å². The molecular formula is C11H18N8O. The molecule has 0 fully saturated rings. The van der Waals surface area contributed by atoms with E-state index in [1.165, 1.54) is 0 Å². The predicted molar refractivity (Wildman–Crippen MR) is 75.0 cm³/mol. The van der Waals surface area contributed by atoms with Gasteiger partial charge in [-0.2, -0.15) is 15.0 Å². The van der Waals surface area contributed by atoms with Gasteiger partial charge in [0.1, 0.15) is 0 Å². The topological polar surface area (TPSA) is 118 Å². The number of nitrogens with one attached hydrogen (secondary N) is 2. The Morgan fingerprint density at radius 1 is 1.20 bits per heavy atom. The molecule has 2 aromatic heterocycles. The van der Waals surface area contributed by atoms with Crippen LogP contribution in [0.2, 0.25) is 0 Å². The van der Waals surface area contributed by atoms with E-state index in [2.05, 4.69) is 30.9 Å². The van der Waals surface area contributed by atoms with Crippen molar-refractivity contribution in [1.29, 1.82) is 0 Å². The van der Waals surface area contributed by atoms with Crippen molar-refractivity contribution in [3.63, 3.8) is 0 Å². The zero-order valence-corrected chi connectivity index (χ0v) is 11.5. The van der Waals surface area contributed by atoms with E-state index in [0.717, 1.165) is 13.1 Å². The van der Waals surface area contributed by atoms with Crippen LogP contribution in [0.3, 0.4) is 0 Å². The molecule has 0 unspecified atom stereocenters. The lowest BCUT2D eigenvalue weighted by molar-refractivity contribution is 0.388. The minimum Gasteiger partial charge on any atom is -0.360 e. The number of hydrogen-bond acceptors (Lipinski definition) is 9. The Kier molecular flexibility index (Phi) is 4.66. The highest BCUT2D eigenvalue weighted by molar-refractivity contribution is 5.43. The van der Waals surface area contributed by atoms with Crippen molar-refractivity contribution in [2.75, 3.05) is 28.7 Å². The van der Waals surface area contributed by atoms with Crippen LogP contribution in [-0.2, 0) is 6.54 Å². The van der Waals surface area contributed by atoms with Crippen molar-refractivity contribution in [2.45, 2.75) is 20.4 Å². The van der Waals surface area contributed by atoms with Crippen LogP contribution in [0, 0.1) is 0 Å². The van der Waals surface area contributed by atoms with Gasteiger partial charge in [-0.1, -0.05) is 5.16 Å². The van der Waals surface area contributed by atoms with E-state index >= 15 is 0 Å². The van der Waals surface area contributed by atoms with E-state index in [0.29, 0.717) is 30.2 Å². The fourth-order valence-corrected chi connectivity index (χ4v) is 1.66. The molecule has 4 N–H and O–H groups in total. The van der Waals surface area contributed by atoms with Gasteiger partial charge in [0.2, 0.25) is 17.8 Å². The summed E-state index contributed by atoms with van der Waals surface area (Å²) in [5.74, 6) is 7.37. The summed E-state index contributed by atoms with van der Waals surface area (Å²) in [6.07, 6.45) is 1.58. The van der Waals surface area contributed by atoms with Crippen molar-refractivity contribution in [2.24, 2.45) is 5.84 Å². The Bertz CT molecular complexity index is 525. The fraction of sp³-hybridized carbons (Fsp3) is 0.455. The van der Waals surface area contributed by atoms with Gasteiger partial charge in [-0.15, -0.1) is 0 Å². The molecule has 0 aliphatic carbocycles. The number of rotatable bonds is 7. The number of hydrogen-bond donors (Lipinski definition) is 3. The predicted octanol–water partition coefficient (Wildman–Crippen LogP) is 0.603. The first-order valence-electron chi connectivity index (χ1n) is 6.37. The largest absolute Gasteiger partial charge is 0.360 e. The average molecular weight is 278 g/mol. The summed E-state index contributed by atoms with van der Waals surface area (Å²) in [6, 6.07) is 1.77. The van der Waals surface area contributed by atoms with Crippen molar-refractivity contribution < 1.29 is 4.52 Å². The van der Waals surface area contributed by atoms with Crippen LogP contribution >= 0.6 is 0 Å². The van der Waals surface area contributed by atoms with Crippen LogP contribution in [-0.4, -0.2) is 33.2 Å². The molecule has 2 rings (SSSR count). The van der Waals surface area contributed by atoms with Gasteiger partial charge in [-0.25, -0.2) is 5.84 Å². The number of nitrogens with zero attached hydrogens (tertiary/aromatic N) is 5. The summed E-state index contributed by atoms with van der Waals surface area (Å²) in [7, 11) is 0. The second-order valence-corrected chi connectivity index (χ2v) is 3.93. The molecular weight excluding hydrogens is 260 g/mol. The first-order chi connectivity index (χ1) is 9.76. The Morgan fingerprint density at radius 2 is 1.95 bits per heavy atom. The van der Waals surface area contributed by atoms with Crippen LogP contribution in [0.5, 0.6) is 0 Å². The van der Waals surface area contributed by atoms with Crippen molar-refractivity contribution in [3.8, 4) is 0 Å². The molecule has 0 aliphatic heterocycles. The lowest BCUT2D eigenvalue weighted by Crippen LogP contribution is -2.26. The number of nitrogens with two attached hydrogens (primary N) is 1. The van der Waals surface area contributed by atoms with Gasteiger partial charge in [-0.3, -0.25) is 5.43 Å². The molecule has 20 heavy (non-hydrogen) atoms. The lowest BCUT2D eigenvalue weighted by Gasteiger charge is -2.19. The Morgan fingerprint density at radius 3 is 2.55 bits per heavy atom. The van der Waals surface area contributed by atoms with Crippen LogP contribution < -0.4 is 21.5 Å². The van der Waals surface area contributed by atoms with Gasteiger partial charge in [0, 0.05) is 19.2 Å². The Balaban J connectivity index is 2.16. The maximum atomic E-state index is 5.38. The fourth-order valence-electron chi connectivity index (χ4n) is 1.66. The highest BCUT2D eigenvalue weighted by Gasteiger charge is 2.10. The molecule has 108 valence electrons. The number of nitrogen functional groups attached to an aromatic ring is 1. The zero-order valence-electron chi connectivity index (χ0n) is 11.5. The van der Waals surface area contributed by atoms with Crippen LogP contribution in [0.1, 0.15) is 19.6 Å². The summed E-state index contributed by atoms with van der Waals surface area (Å²) >= 11 is 0. The van der Waals surface area contributed by atoms with Gasteiger partial charge >= 0.3 is 0 Å². The minimum atomic E-state index is 0.307. The molecule has 0 saturated carbocycles. The number of aromatic nitrogens is 4. The molecule has 0 aliphatic rings. The van der Waals surface area contributed by atoms with Crippen molar-refractivity contribution in [3.05, 3.63) is 18.0 Å². The van der Waals surface area contributed by atoms with Crippen molar-refractivity contribution >= 4 is 17.8 Å². The van der Waals surface area contributed by atoms with E-state index in [9.17, 15) is 0 Å². The quantitative estimate of drug-likeness (QED) is 0.494. The van der Waals surface area contributed by atoms with Crippen LogP contribution in [0.4, 0.5) is 17.8 Å². The third-order valence-electron chi connectivity index (χ3n) is 2.71. The Labute approximate surface area is 116 Å². The van der Waals surface area contributed by atoms with Crippen LogP contribution in [0.25, 0.3) is 0 Å². The Hall–Kier alpha value is -2.42. The summed E-state index contributed by atoms with van der Waals surface area (Å²) in [6.45, 7) is 6.10. The second kappa shape index (κ2) is 6.66. The first kappa shape index (κ1) is 14.0. The smallest absolute Gasteiger partial charge is 0.243 e. The molecule has 0 radical (unpaired) electrons. The number of hydrazine groups is 1. The first-order valence-corrected chi connectivity index (χ1v) is 6.37. The summed E-state index contributed by atoms with van der Waals surface area (Å²) in [5.41, 5.74) is 2.44. The average Bonchev–Trinajstić information content (AvgIpc) is 2.99. The molecule has 0 spiro atoms. The molecule has 9 nitrogen and oxygen atoms in total. The molecule has 2 aromatic rings. The monoisotopic (exact) mass is 278 g/mol. The van der Waals surface area contributed by atoms with Gasteiger partial charge in [0.25, 0.3) is 0 Å². The van der Waals surface area contributed by atoms with Gasteiger partial charge in [-0.05, 0) is 13.8 Å². The highest BCUT2D eigenvalue weighted by atomic mass is 16.5. The van der Waals surface area contributed by atoms with Crippen LogP contribution in [0.15, 0.2) is 16.8 Å². The van der Waals surface area contributed by atoms with E-state index < -0.39 is 0 Å². The zero-order chi connectivity index (χ0) is 14.4. The minimum absolute atomic E-state index is 0.307. The lowest BCUT2D eigenvalue weighted by atomic mass is 10.4. The molecule has 0 amide bonds. The van der Waals surface area contributed by atoms with E-state index in [1.807, 2.05) is 18.7 Å². The van der Waals surface area contributed by atoms with E-state index in [4.69, 9.17) is 10.4 Å². The summed E-state index contributed by atoms with van der Waals surface area (Å²) < 4.78 is 5.00. The molecule has 0 aromatic carbocycles. The number of anilines is 3. The van der Waals surface area contributed by atoms with Crippen molar-refractivity contribution in [1.82, 2.24) is 20.1 Å². The van der Waals surface area contributed by atoms with E-state index in [1.54, 1.807) is 12.3 Å². The van der Waals surface area contributed by atoms with E-state index in [-0.39, 0.29) is 0 Å². The molecule has 2 heterocycles. The highest BCUT2D eigenvalue weighted by Crippen LogP contribution is 2.13. The maximum absolute atomic E-state index is 5.38.